The fourth-order valence-corrected chi connectivity index (χ4v) is 5.24. The number of benzene rings is 3. The number of thiophene rings is 1. The highest BCUT2D eigenvalue weighted by Crippen LogP contribution is 2.33. The highest BCUT2D eigenvalue weighted by molar-refractivity contribution is 7.21. The second-order valence-corrected chi connectivity index (χ2v) is 8.99. The fraction of sp³-hybridized carbons (Fsp3) is 0.148. The molecule has 154 valence electrons. The molecule has 0 bridgehead atoms. The molecule has 3 nitrogen and oxygen atoms in total. The van der Waals surface area contributed by atoms with Crippen LogP contribution in [-0.2, 0) is 12.8 Å². The largest absolute Gasteiger partial charge is 0.361 e. The van der Waals surface area contributed by atoms with Crippen LogP contribution in [0.25, 0.3) is 21.0 Å². The molecule has 0 aliphatic heterocycles. The molecule has 0 aliphatic rings. The lowest BCUT2D eigenvalue weighted by Crippen LogP contribution is -2.25. The number of fused-ring (bicyclic) bond motifs is 2. The van der Waals surface area contributed by atoms with E-state index in [9.17, 15) is 4.79 Å². The van der Waals surface area contributed by atoms with Crippen LogP contribution in [0.2, 0.25) is 0 Å². The zero-order chi connectivity index (χ0) is 21.2. The van der Waals surface area contributed by atoms with Gasteiger partial charge in [-0.25, -0.2) is 0 Å². The maximum atomic E-state index is 13.2. The molecule has 5 rings (SSSR count). The lowest BCUT2D eigenvalue weighted by molar-refractivity contribution is 0.0957. The number of H-pyrrole nitrogens is 1. The second-order valence-electron chi connectivity index (χ2n) is 7.93. The number of nitrogens with one attached hydrogen (secondary N) is 2. The van der Waals surface area contributed by atoms with Crippen molar-refractivity contribution in [2.75, 3.05) is 6.54 Å². The molecule has 0 unspecified atom stereocenters. The zero-order valence-corrected chi connectivity index (χ0v) is 18.3. The minimum Gasteiger partial charge on any atom is -0.361 e. The highest BCUT2D eigenvalue weighted by Gasteiger charge is 2.18. The van der Waals surface area contributed by atoms with Crippen molar-refractivity contribution in [1.29, 1.82) is 0 Å². The normalized spacial score (nSPS) is 11.3. The van der Waals surface area contributed by atoms with E-state index in [4.69, 9.17) is 0 Å². The number of aromatic nitrogens is 1. The molecule has 0 saturated carbocycles. The predicted octanol–water partition coefficient (Wildman–Crippen LogP) is 6.25. The van der Waals surface area contributed by atoms with Crippen molar-refractivity contribution in [2.24, 2.45) is 0 Å². The number of carbonyl (C=O) groups excluding carboxylic acids is 1. The van der Waals surface area contributed by atoms with E-state index >= 15 is 0 Å². The summed E-state index contributed by atoms with van der Waals surface area (Å²) in [4.78, 5) is 17.3. The quantitative estimate of drug-likeness (QED) is 0.332. The lowest BCUT2D eigenvalue weighted by Gasteiger charge is -2.07. The Labute approximate surface area is 185 Å². The number of hydrogen-bond donors (Lipinski definition) is 2. The van der Waals surface area contributed by atoms with Crippen molar-refractivity contribution < 1.29 is 4.79 Å². The summed E-state index contributed by atoms with van der Waals surface area (Å²) in [6.07, 6.45) is 3.60. The Morgan fingerprint density at radius 3 is 2.52 bits per heavy atom. The predicted molar refractivity (Wildman–Crippen MR) is 130 cm³/mol. The number of para-hydroxylation sites is 1. The Hall–Kier alpha value is -3.37. The van der Waals surface area contributed by atoms with Gasteiger partial charge in [-0.15, -0.1) is 11.3 Å². The van der Waals surface area contributed by atoms with E-state index < -0.39 is 0 Å². The third-order valence-electron chi connectivity index (χ3n) is 5.76. The Morgan fingerprint density at radius 1 is 0.935 bits per heavy atom. The van der Waals surface area contributed by atoms with E-state index in [-0.39, 0.29) is 5.91 Å². The number of aromatic amines is 1. The summed E-state index contributed by atoms with van der Waals surface area (Å²) >= 11 is 1.59. The van der Waals surface area contributed by atoms with Crippen molar-refractivity contribution in [2.45, 2.75) is 19.8 Å². The van der Waals surface area contributed by atoms with Crippen LogP contribution < -0.4 is 5.32 Å². The molecule has 0 aliphatic carbocycles. The molecule has 0 radical (unpaired) electrons. The van der Waals surface area contributed by atoms with Crippen LogP contribution in [0.3, 0.4) is 0 Å². The van der Waals surface area contributed by atoms with Crippen LogP contribution in [0.4, 0.5) is 0 Å². The Bertz CT molecular complexity index is 1360. The monoisotopic (exact) mass is 424 g/mol. The Balaban J connectivity index is 1.37. The molecular weight excluding hydrogens is 400 g/mol. The van der Waals surface area contributed by atoms with Gasteiger partial charge in [0.2, 0.25) is 0 Å². The van der Waals surface area contributed by atoms with Crippen molar-refractivity contribution >= 4 is 38.2 Å². The molecule has 3 aromatic carbocycles. The van der Waals surface area contributed by atoms with Crippen LogP contribution in [0.15, 0.2) is 79.0 Å². The molecule has 0 saturated heterocycles. The van der Waals surface area contributed by atoms with Crippen molar-refractivity contribution in [3.05, 3.63) is 106 Å². The van der Waals surface area contributed by atoms with Crippen LogP contribution in [0.1, 0.15) is 31.9 Å². The summed E-state index contributed by atoms with van der Waals surface area (Å²) in [6, 6.07) is 25.1. The van der Waals surface area contributed by atoms with Gasteiger partial charge in [-0.3, -0.25) is 4.79 Å². The Morgan fingerprint density at radius 2 is 1.68 bits per heavy atom. The van der Waals surface area contributed by atoms with E-state index in [2.05, 4.69) is 65.8 Å². The molecule has 0 fully saturated rings. The summed E-state index contributed by atoms with van der Waals surface area (Å²) in [5.41, 5.74) is 5.95. The van der Waals surface area contributed by atoms with E-state index in [1.165, 1.54) is 27.5 Å². The maximum absolute atomic E-state index is 13.2. The molecule has 2 heterocycles. The standard InChI is InChI=1S/C27H24N2OS/c1-18-10-12-19(13-11-18)16-23-22-7-3-5-9-25(22)31-26(23)27(30)28-15-14-20-17-29-24-8-4-2-6-21(20)24/h2-13,17,29H,14-16H2,1H3,(H,28,30). The minimum absolute atomic E-state index is 0.0168. The highest BCUT2D eigenvalue weighted by atomic mass is 32.1. The molecule has 2 N–H and O–H groups in total. The van der Waals surface area contributed by atoms with E-state index in [1.807, 2.05) is 30.5 Å². The van der Waals surface area contributed by atoms with Gasteiger partial charge in [0.15, 0.2) is 0 Å². The summed E-state index contributed by atoms with van der Waals surface area (Å²) in [7, 11) is 0. The van der Waals surface area contributed by atoms with Gasteiger partial charge < -0.3 is 10.3 Å². The number of hydrogen-bond acceptors (Lipinski definition) is 2. The van der Waals surface area contributed by atoms with Crippen LogP contribution >= 0.6 is 11.3 Å². The third-order valence-corrected chi connectivity index (χ3v) is 6.97. The molecule has 1 amide bonds. The van der Waals surface area contributed by atoms with Crippen molar-refractivity contribution in [3.63, 3.8) is 0 Å². The van der Waals surface area contributed by atoms with Gasteiger partial charge in [-0.1, -0.05) is 66.2 Å². The number of rotatable bonds is 6. The van der Waals surface area contributed by atoms with Crippen molar-refractivity contribution in [3.8, 4) is 0 Å². The number of carbonyl (C=O) groups is 1. The number of aryl methyl sites for hydroxylation is 1. The first-order valence-corrected chi connectivity index (χ1v) is 11.4. The smallest absolute Gasteiger partial charge is 0.261 e. The van der Waals surface area contributed by atoms with Gasteiger partial charge >= 0.3 is 0 Å². The minimum atomic E-state index is 0.0168. The van der Waals surface area contributed by atoms with Gasteiger partial charge in [0.25, 0.3) is 5.91 Å². The summed E-state index contributed by atoms with van der Waals surface area (Å²) in [5, 5.41) is 5.55. The summed E-state index contributed by atoms with van der Waals surface area (Å²) in [5.74, 6) is 0.0168. The van der Waals surface area contributed by atoms with E-state index in [1.54, 1.807) is 11.3 Å². The molecule has 0 atom stereocenters. The van der Waals surface area contributed by atoms with Gasteiger partial charge in [-0.2, -0.15) is 0 Å². The topological polar surface area (TPSA) is 44.9 Å². The molecule has 31 heavy (non-hydrogen) atoms. The summed E-state index contributed by atoms with van der Waals surface area (Å²) < 4.78 is 1.16. The second kappa shape index (κ2) is 8.40. The third kappa shape index (κ3) is 3.99. The average Bonchev–Trinajstić information content (AvgIpc) is 3.37. The summed E-state index contributed by atoms with van der Waals surface area (Å²) in [6.45, 7) is 2.70. The van der Waals surface area contributed by atoms with Gasteiger partial charge in [0.1, 0.15) is 0 Å². The van der Waals surface area contributed by atoms with Gasteiger partial charge in [0, 0.05) is 28.3 Å². The van der Waals surface area contributed by atoms with E-state index in [0.29, 0.717) is 6.54 Å². The average molecular weight is 425 g/mol. The van der Waals surface area contributed by atoms with Crippen LogP contribution in [-0.4, -0.2) is 17.4 Å². The van der Waals surface area contributed by atoms with Crippen molar-refractivity contribution in [1.82, 2.24) is 10.3 Å². The maximum Gasteiger partial charge on any atom is 0.261 e. The van der Waals surface area contributed by atoms with Crippen LogP contribution in [0.5, 0.6) is 0 Å². The first-order chi connectivity index (χ1) is 15.2. The Kier molecular flexibility index (Phi) is 5.31. The fourth-order valence-electron chi connectivity index (χ4n) is 4.10. The molecule has 5 aromatic rings. The molecular formula is C27H24N2OS. The van der Waals surface area contributed by atoms with Crippen LogP contribution in [0, 0.1) is 6.92 Å². The molecule has 4 heteroatoms. The van der Waals surface area contributed by atoms with E-state index in [0.717, 1.165) is 33.5 Å². The van der Waals surface area contributed by atoms with Gasteiger partial charge in [-0.05, 0) is 54.0 Å². The first-order valence-electron chi connectivity index (χ1n) is 10.6. The SMILES string of the molecule is Cc1ccc(Cc2c(C(=O)NCCc3c[nH]c4ccccc34)sc3ccccc23)cc1. The zero-order valence-electron chi connectivity index (χ0n) is 17.4. The lowest BCUT2D eigenvalue weighted by atomic mass is 10.0. The molecule has 2 aromatic heterocycles. The van der Waals surface area contributed by atoms with Gasteiger partial charge in [0.05, 0.1) is 4.88 Å². The molecule has 0 spiro atoms. The first kappa shape index (κ1) is 19.6. The number of amides is 1.